The molecule has 1 aromatic heterocycles. The number of hydrogen-bond acceptors (Lipinski definition) is 4. The molecule has 0 fully saturated rings. The van der Waals surface area contributed by atoms with E-state index < -0.39 is 0 Å². The van der Waals surface area contributed by atoms with Crippen molar-refractivity contribution in [3.63, 3.8) is 0 Å². The molecule has 1 heterocycles. The van der Waals surface area contributed by atoms with Crippen molar-refractivity contribution in [2.45, 2.75) is 33.8 Å². The van der Waals surface area contributed by atoms with E-state index in [1.807, 2.05) is 6.92 Å². The van der Waals surface area contributed by atoms with E-state index in [4.69, 9.17) is 21.5 Å². The lowest BCUT2D eigenvalue weighted by molar-refractivity contribution is -0.0203. The van der Waals surface area contributed by atoms with Gasteiger partial charge in [-0.3, -0.25) is 0 Å². The van der Waals surface area contributed by atoms with Gasteiger partial charge in [-0.2, -0.15) is 4.98 Å². The molecule has 0 spiro atoms. The summed E-state index contributed by atoms with van der Waals surface area (Å²) in [6.45, 7) is 8.83. The lowest BCUT2D eigenvalue weighted by Crippen LogP contribution is -2.22. The zero-order valence-corrected chi connectivity index (χ0v) is 9.77. The minimum Gasteiger partial charge on any atom is -0.370 e. The van der Waals surface area contributed by atoms with Crippen LogP contribution in [0.3, 0.4) is 0 Å². The first kappa shape index (κ1) is 11.4. The highest BCUT2D eigenvalue weighted by Gasteiger charge is 2.29. The number of ether oxygens (including phenoxy) is 1. The maximum Gasteiger partial charge on any atom is 0.314 e. The number of aromatic amines is 1. The lowest BCUT2D eigenvalue weighted by atomic mass is 9.88. The Hall–Kier alpha value is -0.680. The van der Waals surface area contributed by atoms with Gasteiger partial charge < -0.3 is 9.26 Å². The van der Waals surface area contributed by atoms with Crippen LogP contribution < -0.4 is 0 Å². The monoisotopic (exact) mass is 216 g/mol. The Balaban J connectivity index is 2.94. The Bertz CT molecular complexity index is 337. The van der Waals surface area contributed by atoms with Crippen LogP contribution in [0.5, 0.6) is 0 Å². The highest BCUT2D eigenvalue weighted by Crippen LogP contribution is 2.33. The molecule has 80 valence electrons. The predicted octanol–water partition coefficient (Wildman–Crippen LogP) is 2.86. The molecule has 0 aromatic carbocycles. The Labute approximate surface area is 88.6 Å². The molecule has 5 heteroatoms. The summed E-state index contributed by atoms with van der Waals surface area (Å²) in [5, 5.41) is 2.68. The summed E-state index contributed by atoms with van der Waals surface area (Å²) >= 11 is 4.79. The second-order valence-corrected chi connectivity index (χ2v) is 4.52. The SMILES string of the molecule is CCOC(c1nc(=S)o[nH]1)C(C)(C)C. The van der Waals surface area contributed by atoms with Crippen molar-refractivity contribution < 1.29 is 9.26 Å². The second kappa shape index (κ2) is 4.23. The number of rotatable bonds is 3. The molecule has 0 aliphatic carbocycles. The third kappa shape index (κ3) is 2.65. The average Bonchev–Trinajstić information content (AvgIpc) is 2.45. The molecule has 0 amide bonds. The van der Waals surface area contributed by atoms with E-state index >= 15 is 0 Å². The molecule has 1 N–H and O–H groups in total. The van der Waals surface area contributed by atoms with E-state index in [9.17, 15) is 0 Å². The van der Waals surface area contributed by atoms with Gasteiger partial charge in [-0.25, -0.2) is 5.16 Å². The van der Waals surface area contributed by atoms with E-state index in [1.165, 1.54) is 0 Å². The Morgan fingerprint density at radius 2 is 2.21 bits per heavy atom. The zero-order valence-electron chi connectivity index (χ0n) is 8.96. The van der Waals surface area contributed by atoms with E-state index in [2.05, 4.69) is 30.9 Å². The summed E-state index contributed by atoms with van der Waals surface area (Å²) < 4.78 is 10.5. The molecule has 1 atom stereocenters. The first-order valence-electron chi connectivity index (χ1n) is 4.62. The van der Waals surface area contributed by atoms with Crippen LogP contribution in [0.1, 0.15) is 39.6 Å². The van der Waals surface area contributed by atoms with Crippen molar-refractivity contribution in [1.29, 1.82) is 0 Å². The lowest BCUT2D eigenvalue weighted by Gasteiger charge is -2.27. The largest absolute Gasteiger partial charge is 0.370 e. The highest BCUT2D eigenvalue weighted by molar-refractivity contribution is 7.71. The molecule has 1 unspecified atom stereocenters. The Kier molecular flexibility index (Phi) is 3.44. The summed E-state index contributed by atoms with van der Waals surface area (Å²) in [5.41, 5.74) is -0.0366. The van der Waals surface area contributed by atoms with Gasteiger partial charge in [-0.1, -0.05) is 20.8 Å². The molecule has 0 aliphatic heterocycles. The minimum atomic E-state index is -0.118. The van der Waals surface area contributed by atoms with Gasteiger partial charge >= 0.3 is 4.84 Å². The van der Waals surface area contributed by atoms with Crippen molar-refractivity contribution in [3.8, 4) is 0 Å². The van der Waals surface area contributed by atoms with Gasteiger partial charge in [0, 0.05) is 6.61 Å². The predicted molar refractivity (Wildman–Crippen MR) is 55.5 cm³/mol. The van der Waals surface area contributed by atoms with Gasteiger partial charge in [0.15, 0.2) is 5.82 Å². The first-order valence-corrected chi connectivity index (χ1v) is 5.03. The van der Waals surface area contributed by atoms with Crippen molar-refractivity contribution in [2.24, 2.45) is 5.41 Å². The fraction of sp³-hybridized carbons (Fsp3) is 0.778. The molecule has 0 saturated carbocycles. The maximum atomic E-state index is 5.61. The van der Waals surface area contributed by atoms with Crippen LogP contribution in [0.15, 0.2) is 4.52 Å². The molecule has 1 aromatic rings. The van der Waals surface area contributed by atoms with Crippen LogP contribution in [-0.2, 0) is 4.74 Å². The minimum absolute atomic E-state index is 0.0366. The third-order valence-electron chi connectivity index (χ3n) is 1.82. The van der Waals surface area contributed by atoms with Crippen molar-refractivity contribution in [2.75, 3.05) is 6.61 Å². The molecular weight excluding hydrogens is 200 g/mol. The van der Waals surface area contributed by atoms with Crippen LogP contribution in [0.2, 0.25) is 0 Å². The summed E-state index contributed by atoms with van der Waals surface area (Å²) in [6, 6.07) is 0. The van der Waals surface area contributed by atoms with Crippen LogP contribution in [0.25, 0.3) is 0 Å². The third-order valence-corrected chi connectivity index (χ3v) is 2.00. The van der Waals surface area contributed by atoms with Crippen LogP contribution in [-0.4, -0.2) is 16.7 Å². The highest BCUT2D eigenvalue weighted by atomic mass is 32.1. The van der Waals surface area contributed by atoms with E-state index in [1.54, 1.807) is 0 Å². The van der Waals surface area contributed by atoms with Gasteiger partial charge in [0.25, 0.3) is 0 Å². The van der Waals surface area contributed by atoms with Gasteiger partial charge in [0.05, 0.1) is 0 Å². The fourth-order valence-electron chi connectivity index (χ4n) is 1.26. The van der Waals surface area contributed by atoms with Gasteiger partial charge in [-0.15, -0.1) is 0 Å². The number of hydrogen-bond donors (Lipinski definition) is 1. The number of H-pyrrole nitrogens is 1. The molecule has 0 radical (unpaired) electrons. The van der Waals surface area contributed by atoms with Gasteiger partial charge in [-0.05, 0) is 24.6 Å². The molecule has 14 heavy (non-hydrogen) atoms. The summed E-state index contributed by atoms with van der Waals surface area (Å²) in [6.07, 6.45) is -0.118. The summed E-state index contributed by atoms with van der Waals surface area (Å²) in [4.78, 5) is 4.28. The van der Waals surface area contributed by atoms with Crippen molar-refractivity contribution in [3.05, 3.63) is 10.7 Å². The molecule has 0 aliphatic rings. The smallest absolute Gasteiger partial charge is 0.314 e. The molecule has 1 rings (SSSR count). The molecule has 0 saturated heterocycles. The normalized spacial score (nSPS) is 14.3. The molecule has 0 bridgehead atoms. The van der Waals surface area contributed by atoms with E-state index in [-0.39, 0.29) is 16.4 Å². The van der Waals surface area contributed by atoms with Crippen LogP contribution in [0, 0.1) is 10.3 Å². The molecule has 4 nitrogen and oxygen atoms in total. The standard InChI is InChI=1S/C9H16N2O2S/c1-5-12-6(9(2,3)4)7-10-8(14)13-11-7/h6H,5H2,1-4H3,(H,10,11,14). The second-order valence-electron chi connectivity index (χ2n) is 4.17. The number of nitrogens with zero attached hydrogens (tertiary/aromatic N) is 1. The maximum absolute atomic E-state index is 5.61. The Morgan fingerprint density at radius 3 is 2.57 bits per heavy atom. The average molecular weight is 216 g/mol. The zero-order chi connectivity index (χ0) is 10.8. The van der Waals surface area contributed by atoms with Gasteiger partial charge in [0.2, 0.25) is 0 Å². The van der Waals surface area contributed by atoms with E-state index in [0.717, 1.165) is 0 Å². The van der Waals surface area contributed by atoms with Crippen molar-refractivity contribution in [1.82, 2.24) is 10.1 Å². The summed E-state index contributed by atoms with van der Waals surface area (Å²) in [7, 11) is 0. The number of nitrogens with one attached hydrogen (secondary N) is 1. The van der Waals surface area contributed by atoms with Gasteiger partial charge in [0.1, 0.15) is 6.10 Å². The quantitative estimate of drug-likeness (QED) is 0.789. The fourth-order valence-corrected chi connectivity index (χ4v) is 1.40. The first-order chi connectivity index (χ1) is 6.45. The molecular formula is C9H16N2O2S. The van der Waals surface area contributed by atoms with Crippen LogP contribution in [0.4, 0.5) is 0 Å². The number of aromatic nitrogens is 2. The summed E-state index contributed by atoms with van der Waals surface area (Å²) in [5.74, 6) is 0.657. The van der Waals surface area contributed by atoms with Crippen molar-refractivity contribution >= 4 is 12.2 Å². The topological polar surface area (TPSA) is 51.1 Å². The van der Waals surface area contributed by atoms with Crippen LogP contribution >= 0.6 is 12.2 Å². The van der Waals surface area contributed by atoms with E-state index in [0.29, 0.717) is 12.4 Å². The Morgan fingerprint density at radius 1 is 1.57 bits per heavy atom.